The summed E-state index contributed by atoms with van der Waals surface area (Å²) in [5.41, 5.74) is -4.23. The molecule has 0 atom stereocenters. The predicted molar refractivity (Wildman–Crippen MR) is 93.2 cm³/mol. The van der Waals surface area contributed by atoms with Gasteiger partial charge in [-0.15, -0.1) is 0 Å². The Morgan fingerprint density at radius 2 is 2.03 bits per heavy atom. The lowest BCUT2D eigenvalue weighted by atomic mass is 10.1. The van der Waals surface area contributed by atoms with Gasteiger partial charge in [0.05, 0.1) is 10.9 Å². The quantitative estimate of drug-likeness (QED) is 0.656. The second-order valence-corrected chi connectivity index (χ2v) is 6.46. The molecule has 0 saturated heterocycles. The lowest BCUT2D eigenvalue weighted by molar-refractivity contribution is -0.141. The Hall–Kier alpha value is -3.55. The highest BCUT2D eigenvalue weighted by molar-refractivity contribution is 6.02. The molecule has 1 fully saturated rings. The number of rotatable bonds is 3. The van der Waals surface area contributed by atoms with Crippen LogP contribution in [0.25, 0.3) is 11.0 Å². The second kappa shape index (κ2) is 7.12. The first-order valence-corrected chi connectivity index (χ1v) is 8.36. The number of aliphatic carboxylic acids is 1. The Morgan fingerprint density at radius 3 is 2.59 bits per heavy atom. The van der Waals surface area contributed by atoms with Crippen LogP contribution in [0.4, 0.5) is 13.2 Å². The van der Waals surface area contributed by atoms with Gasteiger partial charge >= 0.3 is 12.1 Å². The minimum absolute atomic E-state index is 0.00198. The molecule has 1 aliphatic rings. The summed E-state index contributed by atoms with van der Waals surface area (Å²) in [6, 6.07) is 0.920. The number of aromatic nitrogens is 2. The fraction of sp³-hybridized carbons (Fsp3) is 0.333. The number of aryl methyl sites for hydroxylation is 1. The van der Waals surface area contributed by atoms with E-state index in [2.05, 4.69) is 16.8 Å². The monoisotopic (exact) mass is 409 g/mol. The summed E-state index contributed by atoms with van der Waals surface area (Å²) in [6.45, 7) is -0.817. The molecule has 3 rings (SSSR count). The first-order chi connectivity index (χ1) is 13.5. The maximum atomic E-state index is 13.4. The van der Waals surface area contributed by atoms with E-state index in [-0.39, 0.29) is 11.3 Å². The first kappa shape index (κ1) is 20.2. The number of nitrogens with zero attached hydrogens (tertiary/aromatic N) is 2. The van der Waals surface area contributed by atoms with Crippen molar-refractivity contribution in [2.24, 2.45) is 13.0 Å². The van der Waals surface area contributed by atoms with Gasteiger partial charge in [0.1, 0.15) is 23.5 Å². The molecule has 0 aliphatic heterocycles. The molecule has 0 aromatic carbocycles. The van der Waals surface area contributed by atoms with E-state index in [1.807, 2.05) is 5.32 Å². The minimum atomic E-state index is -4.86. The zero-order valence-corrected chi connectivity index (χ0v) is 14.9. The second-order valence-electron chi connectivity index (χ2n) is 6.46. The predicted octanol–water partition coefficient (Wildman–Crippen LogP) is 1.23. The number of hydrogen-bond acceptors (Lipinski definition) is 5. The average molecular weight is 409 g/mol. The van der Waals surface area contributed by atoms with Crippen LogP contribution in [-0.4, -0.2) is 38.2 Å². The van der Waals surface area contributed by atoms with Crippen molar-refractivity contribution in [2.75, 3.05) is 6.54 Å². The van der Waals surface area contributed by atoms with Gasteiger partial charge in [-0.3, -0.25) is 19.0 Å². The summed E-state index contributed by atoms with van der Waals surface area (Å²) in [5.74, 6) is 1.63. The third-order valence-electron chi connectivity index (χ3n) is 4.21. The van der Waals surface area contributed by atoms with Crippen LogP contribution < -0.4 is 10.9 Å². The van der Waals surface area contributed by atoms with Gasteiger partial charge in [-0.2, -0.15) is 13.2 Å². The van der Waals surface area contributed by atoms with E-state index in [4.69, 9.17) is 5.11 Å². The Morgan fingerprint density at radius 1 is 1.38 bits per heavy atom. The van der Waals surface area contributed by atoms with E-state index in [0.29, 0.717) is 4.57 Å². The molecular weight excluding hydrogens is 395 g/mol. The molecule has 0 unspecified atom stereocenters. The zero-order chi connectivity index (χ0) is 21.5. The Bertz CT molecular complexity index is 1150. The number of carboxylic acid groups (broad SMARTS) is 1. The first-order valence-electron chi connectivity index (χ1n) is 8.36. The van der Waals surface area contributed by atoms with Crippen LogP contribution in [-0.2, 0) is 18.0 Å². The molecule has 0 spiro atoms. The zero-order valence-electron chi connectivity index (χ0n) is 14.9. The van der Waals surface area contributed by atoms with Crippen LogP contribution in [0.2, 0.25) is 0 Å². The third kappa shape index (κ3) is 4.01. The molecule has 0 bridgehead atoms. The Kier molecular flexibility index (Phi) is 4.96. The molecule has 11 heteroatoms. The number of amides is 1. The summed E-state index contributed by atoms with van der Waals surface area (Å²) in [4.78, 5) is 38.6. The summed E-state index contributed by atoms with van der Waals surface area (Å²) in [6.07, 6.45) is -3.29. The number of halogens is 3. The van der Waals surface area contributed by atoms with Gasteiger partial charge in [-0.25, -0.2) is 4.98 Å². The molecule has 8 nitrogen and oxygen atoms in total. The number of hydrogen-bond donors (Lipinski definition) is 3. The van der Waals surface area contributed by atoms with Gasteiger partial charge in [0.25, 0.3) is 11.5 Å². The highest BCUT2D eigenvalue weighted by atomic mass is 19.4. The maximum absolute atomic E-state index is 13.4. The fourth-order valence-corrected chi connectivity index (χ4v) is 2.60. The SMILES string of the molecule is Cn1c(=O)c(C(=O)NCC(=O)O)c(O)c2cc(C#CC3CC3)c(C(F)(F)F)nc21. The van der Waals surface area contributed by atoms with Crippen molar-refractivity contribution >= 4 is 22.9 Å². The third-order valence-corrected chi connectivity index (χ3v) is 4.21. The van der Waals surface area contributed by atoms with E-state index < -0.39 is 58.4 Å². The Balaban J connectivity index is 2.26. The van der Waals surface area contributed by atoms with E-state index in [0.717, 1.165) is 26.0 Å². The van der Waals surface area contributed by atoms with Crippen LogP contribution in [0.5, 0.6) is 5.75 Å². The van der Waals surface area contributed by atoms with Crippen LogP contribution in [0.15, 0.2) is 10.9 Å². The van der Waals surface area contributed by atoms with E-state index >= 15 is 0 Å². The van der Waals surface area contributed by atoms with Gasteiger partial charge in [0.2, 0.25) is 0 Å². The van der Waals surface area contributed by atoms with Crippen LogP contribution in [0, 0.1) is 17.8 Å². The number of carboxylic acids is 1. The van der Waals surface area contributed by atoms with Crippen molar-refractivity contribution < 1.29 is 33.0 Å². The highest BCUT2D eigenvalue weighted by Gasteiger charge is 2.37. The highest BCUT2D eigenvalue weighted by Crippen LogP contribution is 2.35. The average Bonchev–Trinajstić information content (AvgIpc) is 3.46. The lowest BCUT2D eigenvalue weighted by Gasteiger charge is -2.14. The normalized spacial score (nSPS) is 13.7. The number of pyridine rings is 2. The van der Waals surface area contributed by atoms with Crippen molar-refractivity contribution in [3.63, 3.8) is 0 Å². The molecule has 152 valence electrons. The van der Waals surface area contributed by atoms with Crippen LogP contribution in [0.1, 0.15) is 34.5 Å². The van der Waals surface area contributed by atoms with Crippen molar-refractivity contribution in [3.8, 4) is 17.6 Å². The molecule has 1 amide bonds. The number of carbonyl (C=O) groups is 2. The van der Waals surface area contributed by atoms with Crippen LogP contribution in [0.3, 0.4) is 0 Å². The molecule has 1 aliphatic carbocycles. The maximum Gasteiger partial charge on any atom is 0.434 e. The summed E-state index contributed by atoms with van der Waals surface area (Å²) in [5, 5.41) is 20.7. The van der Waals surface area contributed by atoms with Gasteiger partial charge in [-0.1, -0.05) is 11.8 Å². The van der Waals surface area contributed by atoms with Crippen molar-refractivity contribution in [3.05, 3.63) is 33.2 Å². The summed E-state index contributed by atoms with van der Waals surface area (Å²) >= 11 is 0. The van der Waals surface area contributed by atoms with E-state index in [1.165, 1.54) is 0 Å². The minimum Gasteiger partial charge on any atom is -0.506 e. The number of fused-ring (bicyclic) bond motifs is 1. The van der Waals surface area contributed by atoms with Crippen molar-refractivity contribution in [2.45, 2.75) is 19.0 Å². The molecule has 3 N–H and O–H groups in total. The van der Waals surface area contributed by atoms with Crippen molar-refractivity contribution in [1.29, 1.82) is 0 Å². The van der Waals surface area contributed by atoms with E-state index in [9.17, 15) is 32.7 Å². The summed E-state index contributed by atoms with van der Waals surface area (Å²) in [7, 11) is 1.08. The molecular formula is C18H14F3N3O5. The lowest BCUT2D eigenvalue weighted by Crippen LogP contribution is -2.35. The van der Waals surface area contributed by atoms with Gasteiger partial charge in [-0.05, 0) is 18.9 Å². The molecule has 2 heterocycles. The molecule has 2 aromatic rings. The van der Waals surface area contributed by atoms with E-state index in [1.54, 1.807) is 0 Å². The smallest absolute Gasteiger partial charge is 0.434 e. The standard InChI is InChI=1S/C18H14F3N3O5/c1-24-15-10(13(27)12(17(24)29)16(28)22-7-11(25)26)6-9(5-4-8-2-3-8)14(23-15)18(19,20)21/h6,8,27H,2-3,7H2,1H3,(H,22,28)(H,25,26). The van der Waals surface area contributed by atoms with Crippen LogP contribution >= 0.6 is 0 Å². The van der Waals surface area contributed by atoms with Gasteiger partial charge in [0.15, 0.2) is 5.69 Å². The summed E-state index contributed by atoms with van der Waals surface area (Å²) < 4.78 is 41.0. The Labute approximate surface area is 161 Å². The molecule has 0 radical (unpaired) electrons. The molecule has 1 saturated carbocycles. The number of carbonyl (C=O) groups excluding carboxylic acids is 1. The topological polar surface area (TPSA) is 122 Å². The largest absolute Gasteiger partial charge is 0.506 e. The number of alkyl halides is 3. The fourth-order valence-electron chi connectivity index (χ4n) is 2.60. The number of aromatic hydroxyl groups is 1. The van der Waals surface area contributed by atoms with Gasteiger partial charge < -0.3 is 15.5 Å². The van der Waals surface area contributed by atoms with Gasteiger partial charge in [0, 0.05) is 13.0 Å². The molecule has 2 aromatic heterocycles. The van der Waals surface area contributed by atoms with Crippen molar-refractivity contribution in [1.82, 2.24) is 14.9 Å². The molecule has 29 heavy (non-hydrogen) atoms. The number of nitrogens with one attached hydrogen (secondary N) is 1.